The molecule has 0 radical (unpaired) electrons. The predicted octanol–water partition coefficient (Wildman–Crippen LogP) is 1.31. The number of alkyl halides is 3. The SMILES string of the molecule is C=CCNC(=NC)NCCCOCC(F)(F)F. The molecule has 0 rings (SSSR count). The number of aliphatic imine (C=N–C) groups is 1. The largest absolute Gasteiger partial charge is 0.411 e. The first-order valence-corrected chi connectivity index (χ1v) is 5.19. The Morgan fingerprint density at radius 1 is 1.41 bits per heavy atom. The van der Waals surface area contributed by atoms with Gasteiger partial charge in [0.25, 0.3) is 0 Å². The van der Waals surface area contributed by atoms with Crippen molar-refractivity contribution in [3.63, 3.8) is 0 Å². The zero-order valence-electron chi connectivity index (χ0n) is 9.81. The van der Waals surface area contributed by atoms with Crippen LogP contribution in [-0.4, -0.2) is 45.5 Å². The molecule has 0 aromatic heterocycles. The van der Waals surface area contributed by atoms with E-state index < -0.39 is 12.8 Å². The van der Waals surface area contributed by atoms with Gasteiger partial charge in [-0.25, -0.2) is 0 Å². The van der Waals surface area contributed by atoms with Crippen LogP contribution in [0.1, 0.15) is 6.42 Å². The summed E-state index contributed by atoms with van der Waals surface area (Å²) in [6.45, 7) is 3.47. The van der Waals surface area contributed by atoms with Crippen molar-refractivity contribution in [1.29, 1.82) is 0 Å². The van der Waals surface area contributed by atoms with E-state index in [-0.39, 0.29) is 6.61 Å². The smallest absolute Gasteiger partial charge is 0.372 e. The molecule has 4 nitrogen and oxygen atoms in total. The summed E-state index contributed by atoms with van der Waals surface area (Å²) in [5, 5.41) is 5.87. The van der Waals surface area contributed by atoms with Crippen molar-refractivity contribution in [2.75, 3.05) is 33.4 Å². The van der Waals surface area contributed by atoms with Crippen molar-refractivity contribution in [2.24, 2.45) is 4.99 Å². The highest BCUT2D eigenvalue weighted by atomic mass is 19.4. The summed E-state index contributed by atoms with van der Waals surface area (Å²) < 4.78 is 39.6. The van der Waals surface area contributed by atoms with Crippen molar-refractivity contribution in [3.8, 4) is 0 Å². The average molecular weight is 253 g/mol. The summed E-state index contributed by atoms with van der Waals surface area (Å²) >= 11 is 0. The van der Waals surface area contributed by atoms with Crippen molar-refractivity contribution < 1.29 is 17.9 Å². The fourth-order valence-corrected chi connectivity index (χ4v) is 0.958. The van der Waals surface area contributed by atoms with E-state index in [1.165, 1.54) is 0 Å². The highest BCUT2D eigenvalue weighted by Crippen LogP contribution is 2.14. The van der Waals surface area contributed by atoms with Gasteiger partial charge in [-0.15, -0.1) is 6.58 Å². The van der Waals surface area contributed by atoms with Crippen molar-refractivity contribution in [1.82, 2.24) is 10.6 Å². The second-order valence-corrected chi connectivity index (χ2v) is 3.19. The third kappa shape index (κ3) is 11.0. The number of hydrogen-bond donors (Lipinski definition) is 2. The van der Waals surface area contributed by atoms with E-state index in [1.54, 1.807) is 13.1 Å². The summed E-state index contributed by atoms with van der Waals surface area (Å²) in [6, 6.07) is 0. The highest BCUT2D eigenvalue weighted by Gasteiger charge is 2.27. The molecular formula is C10H18F3N3O. The fourth-order valence-electron chi connectivity index (χ4n) is 0.958. The Bertz CT molecular complexity index is 241. The predicted molar refractivity (Wildman–Crippen MR) is 61.1 cm³/mol. The maximum absolute atomic E-state index is 11.7. The highest BCUT2D eigenvalue weighted by molar-refractivity contribution is 5.79. The summed E-state index contributed by atoms with van der Waals surface area (Å²) in [7, 11) is 1.61. The van der Waals surface area contributed by atoms with Crippen LogP contribution in [0.25, 0.3) is 0 Å². The van der Waals surface area contributed by atoms with Gasteiger partial charge in [-0.05, 0) is 6.42 Å². The second-order valence-electron chi connectivity index (χ2n) is 3.19. The first-order chi connectivity index (χ1) is 7.99. The Kier molecular flexibility index (Phi) is 8.21. The first kappa shape index (κ1) is 15.8. The van der Waals surface area contributed by atoms with Crippen LogP contribution in [0.2, 0.25) is 0 Å². The maximum Gasteiger partial charge on any atom is 0.411 e. The van der Waals surface area contributed by atoms with Gasteiger partial charge in [0.15, 0.2) is 5.96 Å². The van der Waals surface area contributed by atoms with E-state index in [4.69, 9.17) is 0 Å². The Morgan fingerprint density at radius 3 is 2.65 bits per heavy atom. The molecule has 0 saturated carbocycles. The Hall–Kier alpha value is -1.24. The van der Waals surface area contributed by atoms with Gasteiger partial charge in [-0.3, -0.25) is 4.99 Å². The summed E-state index contributed by atoms with van der Waals surface area (Å²) in [5.74, 6) is 0.584. The van der Waals surface area contributed by atoms with E-state index in [0.29, 0.717) is 25.5 Å². The van der Waals surface area contributed by atoms with Gasteiger partial charge in [0.05, 0.1) is 0 Å². The summed E-state index contributed by atoms with van der Waals surface area (Å²) in [4.78, 5) is 3.91. The molecule has 0 aliphatic rings. The zero-order chi connectivity index (χ0) is 13.1. The molecule has 0 atom stereocenters. The monoisotopic (exact) mass is 253 g/mol. The molecule has 100 valence electrons. The molecule has 0 heterocycles. The van der Waals surface area contributed by atoms with Gasteiger partial charge < -0.3 is 15.4 Å². The first-order valence-electron chi connectivity index (χ1n) is 5.19. The minimum atomic E-state index is -4.25. The lowest BCUT2D eigenvalue weighted by Crippen LogP contribution is -2.38. The molecule has 0 aliphatic heterocycles. The standard InChI is InChI=1S/C10H18F3N3O/c1-3-5-15-9(14-2)16-6-4-7-17-8-10(11,12)13/h3H,1,4-8H2,2H3,(H2,14,15,16). The molecule has 0 saturated heterocycles. The Balaban J connectivity index is 3.47. The molecule has 17 heavy (non-hydrogen) atoms. The van der Waals surface area contributed by atoms with Crippen LogP contribution < -0.4 is 10.6 Å². The van der Waals surface area contributed by atoms with E-state index in [1.807, 2.05) is 0 Å². The van der Waals surface area contributed by atoms with E-state index >= 15 is 0 Å². The van der Waals surface area contributed by atoms with Crippen molar-refractivity contribution >= 4 is 5.96 Å². The van der Waals surface area contributed by atoms with Crippen LogP contribution in [0, 0.1) is 0 Å². The summed E-state index contributed by atoms with van der Waals surface area (Å²) in [5.41, 5.74) is 0. The molecule has 0 fully saturated rings. The normalized spacial score (nSPS) is 12.4. The van der Waals surface area contributed by atoms with Crippen LogP contribution in [0.5, 0.6) is 0 Å². The van der Waals surface area contributed by atoms with Gasteiger partial charge in [-0.2, -0.15) is 13.2 Å². The lowest BCUT2D eigenvalue weighted by Gasteiger charge is -2.11. The maximum atomic E-state index is 11.7. The van der Waals surface area contributed by atoms with Crippen LogP contribution >= 0.6 is 0 Å². The molecule has 2 N–H and O–H groups in total. The van der Waals surface area contributed by atoms with Gasteiger partial charge >= 0.3 is 6.18 Å². The molecule has 0 amide bonds. The quantitative estimate of drug-likeness (QED) is 0.311. The fraction of sp³-hybridized carbons (Fsp3) is 0.700. The number of guanidine groups is 1. The molecule has 0 bridgehead atoms. The van der Waals surface area contributed by atoms with Gasteiger partial charge in [0.2, 0.25) is 0 Å². The zero-order valence-corrected chi connectivity index (χ0v) is 9.81. The molecule has 0 aromatic rings. The number of nitrogens with one attached hydrogen (secondary N) is 2. The molecule has 0 aliphatic carbocycles. The number of halogens is 3. The topological polar surface area (TPSA) is 45.7 Å². The molecular weight excluding hydrogens is 235 g/mol. The lowest BCUT2D eigenvalue weighted by molar-refractivity contribution is -0.173. The van der Waals surface area contributed by atoms with Gasteiger partial charge in [0.1, 0.15) is 6.61 Å². The minimum Gasteiger partial charge on any atom is -0.372 e. The van der Waals surface area contributed by atoms with E-state index in [0.717, 1.165) is 0 Å². The van der Waals surface area contributed by atoms with Gasteiger partial charge in [0, 0.05) is 26.7 Å². The number of ether oxygens (including phenoxy) is 1. The van der Waals surface area contributed by atoms with E-state index in [2.05, 4.69) is 26.9 Å². The number of rotatable bonds is 7. The van der Waals surface area contributed by atoms with Crippen LogP contribution in [-0.2, 0) is 4.74 Å². The minimum absolute atomic E-state index is 0.0605. The molecule has 0 unspecified atom stereocenters. The van der Waals surface area contributed by atoms with E-state index in [9.17, 15) is 13.2 Å². The molecule has 0 aromatic carbocycles. The Labute approximate surface area is 98.9 Å². The third-order valence-electron chi connectivity index (χ3n) is 1.66. The second kappa shape index (κ2) is 8.86. The summed E-state index contributed by atoms with van der Waals surface area (Å²) in [6.07, 6.45) is -2.10. The van der Waals surface area contributed by atoms with Crippen LogP contribution in [0.15, 0.2) is 17.6 Å². The molecule has 7 heteroatoms. The molecule has 0 spiro atoms. The Morgan fingerprint density at radius 2 is 2.12 bits per heavy atom. The lowest BCUT2D eigenvalue weighted by atomic mass is 10.4. The van der Waals surface area contributed by atoms with Crippen molar-refractivity contribution in [3.05, 3.63) is 12.7 Å². The van der Waals surface area contributed by atoms with Crippen LogP contribution in [0.3, 0.4) is 0 Å². The third-order valence-corrected chi connectivity index (χ3v) is 1.66. The number of hydrogen-bond acceptors (Lipinski definition) is 2. The van der Waals surface area contributed by atoms with Gasteiger partial charge in [-0.1, -0.05) is 6.08 Å². The van der Waals surface area contributed by atoms with Crippen molar-refractivity contribution in [2.45, 2.75) is 12.6 Å². The number of nitrogens with zero attached hydrogens (tertiary/aromatic N) is 1. The average Bonchev–Trinajstić information content (AvgIpc) is 2.25. The van der Waals surface area contributed by atoms with Crippen LogP contribution in [0.4, 0.5) is 13.2 Å².